The Hall–Kier alpha value is -3.46. The molecule has 0 spiro atoms. The summed E-state index contributed by atoms with van der Waals surface area (Å²) in [6, 6.07) is 14.7. The highest BCUT2D eigenvalue weighted by Gasteiger charge is 2.25. The van der Waals surface area contributed by atoms with Crippen LogP contribution in [0.25, 0.3) is 16.6 Å². The zero-order chi connectivity index (χ0) is 24.2. The van der Waals surface area contributed by atoms with Crippen LogP contribution in [0.15, 0.2) is 53.3 Å². The molecule has 3 aromatic rings. The Morgan fingerprint density at radius 2 is 1.82 bits per heavy atom. The molecule has 1 saturated heterocycles. The molecule has 2 aromatic carbocycles. The summed E-state index contributed by atoms with van der Waals surface area (Å²) in [5.74, 6) is -0.189. The molecule has 1 fully saturated rings. The van der Waals surface area contributed by atoms with E-state index in [4.69, 9.17) is 17.0 Å². The van der Waals surface area contributed by atoms with E-state index in [-0.39, 0.29) is 34.9 Å². The number of rotatable bonds is 5. The van der Waals surface area contributed by atoms with Gasteiger partial charge >= 0.3 is 6.09 Å². The fourth-order valence-electron chi connectivity index (χ4n) is 4.28. The first kappa shape index (κ1) is 23.7. The maximum atomic E-state index is 13.3. The van der Waals surface area contributed by atoms with Gasteiger partial charge in [0.05, 0.1) is 23.2 Å². The van der Waals surface area contributed by atoms with E-state index in [1.165, 1.54) is 4.57 Å². The Bertz CT molecular complexity index is 1320. The molecule has 4 rings (SSSR count). The van der Waals surface area contributed by atoms with Crippen LogP contribution in [0.2, 0.25) is 0 Å². The molecule has 0 saturated carbocycles. The number of likely N-dealkylation sites (tertiary alicyclic amines) is 1. The van der Waals surface area contributed by atoms with Gasteiger partial charge in [0.1, 0.15) is 6.54 Å². The molecule has 1 aliphatic heterocycles. The van der Waals surface area contributed by atoms with Crippen molar-refractivity contribution in [2.24, 2.45) is 0 Å². The Kier molecular flexibility index (Phi) is 7.12. The van der Waals surface area contributed by atoms with Crippen LogP contribution in [-0.4, -0.2) is 51.8 Å². The number of nitrogens with one attached hydrogen (secondary N) is 1. The third-order valence-electron chi connectivity index (χ3n) is 6.00. The second-order valence-electron chi connectivity index (χ2n) is 8.39. The molecule has 0 bridgehead atoms. The fraction of sp³-hybridized carbons (Fsp3) is 0.360. The summed E-state index contributed by atoms with van der Waals surface area (Å²) in [6.45, 7) is 5.10. The normalized spacial score (nSPS) is 14.2. The number of piperidine rings is 1. The lowest BCUT2D eigenvalue weighted by atomic mass is 10.1. The van der Waals surface area contributed by atoms with E-state index in [0.717, 1.165) is 5.56 Å². The minimum absolute atomic E-state index is 0.0103. The predicted octanol–water partition coefficient (Wildman–Crippen LogP) is 3.57. The number of nitrogens with zero attached hydrogens (tertiary/aromatic N) is 3. The first-order chi connectivity index (χ1) is 16.4. The number of carbonyl (C=O) groups is 2. The first-order valence-electron chi connectivity index (χ1n) is 11.4. The molecule has 1 N–H and O–H groups in total. The number of hydrogen-bond acceptors (Lipinski definition) is 5. The van der Waals surface area contributed by atoms with Crippen molar-refractivity contribution in [3.63, 3.8) is 0 Å². The van der Waals surface area contributed by atoms with Crippen molar-refractivity contribution < 1.29 is 14.3 Å². The van der Waals surface area contributed by atoms with Gasteiger partial charge in [-0.25, -0.2) is 4.79 Å². The van der Waals surface area contributed by atoms with E-state index in [1.807, 2.05) is 55.5 Å². The molecule has 1 aromatic heterocycles. The SMILES string of the molecule is CCOC(=O)N1CCC(NC(=O)Cn2c(=S)n(-c3ccccc3)c(=O)c3cc(C)ccc32)CC1. The van der Waals surface area contributed by atoms with E-state index in [2.05, 4.69) is 5.32 Å². The van der Waals surface area contributed by atoms with Crippen molar-refractivity contribution in [3.05, 3.63) is 69.2 Å². The van der Waals surface area contributed by atoms with Crippen LogP contribution in [-0.2, 0) is 16.1 Å². The minimum Gasteiger partial charge on any atom is -0.450 e. The molecule has 34 heavy (non-hydrogen) atoms. The van der Waals surface area contributed by atoms with Crippen LogP contribution in [0, 0.1) is 11.7 Å². The third kappa shape index (κ3) is 4.89. The quantitative estimate of drug-likeness (QED) is 0.565. The molecule has 0 aliphatic carbocycles. The lowest BCUT2D eigenvalue weighted by Crippen LogP contribution is -2.47. The zero-order valence-electron chi connectivity index (χ0n) is 19.3. The Morgan fingerprint density at radius 3 is 2.50 bits per heavy atom. The third-order valence-corrected chi connectivity index (χ3v) is 6.40. The van der Waals surface area contributed by atoms with E-state index in [9.17, 15) is 14.4 Å². The number of aromatic nitrogens is 2. The van der Waals surface area contributed by atoms with Crippen LogP contribution < -0.4 is 10.9 Å². The maximum Gasteiger partial charge on any atom is 0.409 e. The lowest BCUT2D eigenvalue weighted by molar-refractivity contribution is -0.122. The van der Waals surface area contributed by atoms with E-state index in [1.54, 1.807) is 16.4 Å². The monoisotopic (exact) mass is 480 g/mol. The molecule has 0 atom stereocenters. The van der Waals surface area contributed by atoms with Crippen LogP contribution in [0.3, 0.4) is 0 Å². The summed E-state index contributed by atoms with van der Waals surface area (Å²) in [4.78, 5) is 39.9. The van der Waals surface area contributed by atoms with Gasteiger partial charge in [-0.15, -0.1) is 0 Å². The molecular formula is C25H28N4O4S. The van der Waals surface area contributed by atoms with Crippen molar-refractivity contribution in [3.8, 4) is 5.69 Å². The van der Waals surface area contributed by atoms with Crippen molar-refractivity contribution >= 4 is 35.1 Å². The van der Waals surface area contributed by atoms with Gasteiger partial charge in [0.25, 0.3) is 5.56 Å². The van der Waals surface area contributed by atoms with E-state index in [0.29, 0.717) is 49.1 Å². The summed E-state index contributed by atoms with van der Waals surface area (Å²) in [5.41, 5.74) is 2.02. The smallest absolute Gasteiger partial charge is 0.409 e. The largest absolute Gasteiger partial charge is 0.450 e. The van der Waals surface area contributed by atoms with Crippen molar-refractivity contribution in [1.29, 1.82) is 0 Å². The van der Waals surface area contributed by atoms with Gasteiger partial charge in [0, 0.05) is 19.1 Å². The summed E-state index contributed by atoms with van der Waals surface area (Å²) >= 11 is 5.70. The summed E-state index contributed by atoms with van der Waals surface area (Å²) in [5, 5.41) is 3.57. The van der Waals surface area contributed by atoms with Gasteiger partial charge in [0.15, 0.2) is 4.77 Å². The average molecular weight is 481 g/mol. The van der Waals surface area contributed by atoms with Gasteiger partial charge < -0.3 is 19.5 Å². The van der Waals surface area contributed by atoms with Gasteiger partial charge in [-0.1, -0.05) is 29.8 Å². The summed E-state index contributed by atoms with van der Waals surface area (Å²) < 4.78 is 8.50. The van der Waals surface area contributed by atoms with Crippen molar-refractivity contribution in [2.45, 2.75) is 39.3 Å². The zero-order valence-corrected chi connectivity index (χ0v) is 20.1. The fourth-order valence-corrected chi connectivity index (χ4v) is 4.63. The van der Waals surface area contributed by atoms with Crippen molar-refractivity contribution in [1.82, 2.24) is 19.4 Å². The van der Waals surface area contributed by atoms with Crippen molar-refractivity contribution in [2.75, 3.05) is 19.7 Å². The van der Waals surface area contributed by atoms with Crippen LogP contribution in [0.1, 0.15) is 25.3 Å². The second-order valence-corrected chi connectivity index (χ2v) is 8.76. The van der Waals surface area contributed by atoms with Gasteiger partial charge in [0.2, 0.25) is 5.91 Å². The topological polar surface area (TPSA) is 85.6 Å². The minimum atomic E-state index is -0.316. The van der Waals surface area contributed by atoms with E-state index < -0.39 is 0 Å². The molecule has 0 radical (unpaired) electrons. The highest BCUT2D eigenvalue weighted by Crippen LogP contribution is 2.17. The average Bonchev–Trinajstić information content (AvgIpc) is 2.83. The van der Waals surface area contributed by atoms with Gasteiger partial charge in [-0.2, -0.15) is 0 Å². The van der Waals surface area contributed by atoms with Crippen LogP contribution >= 0.6 is 12.2 Å². The molecule has 8 nitrogen and oxygen atoms in total. The number of para-hydroxylation sites is 1. The highest BCUT2D eigenvalue weighted by atomic mass is 32.1. The number of benzene rings is 2. The highest BCUT2D eigenvalue weighted by molar-refractivity contribution is 7.71. The molecule has 1 aliphatic rings. The molecule has 2 heterocycles. The lowest BCUT2D eigenvalue weighted by Gasteiger charge is -2.31. The van der Waals surface area contributed by atoms with Gasteiger partial charge in [-0.05, 0) is 63.2 Å². The number of aryl methyl sites for hydroxylation is 1. The number of fused-ring (bicyclic) bond motifs is 1. The van der Waals surface area contributed by atoms with Crippen LogP contribution in [0.4, 0.5) is 4.79 Å². The molecular weight excluding hydrogens is 452 g/mol. The van der Waals surface area contributed by atoms with Gasteiger partial charge in [-0.3, -0.25) is 14.2 Å². The van der Waals surface area contributed by atoms with E-state index >= 15 is 0 Å². The molecule has 2 amide bonds. The Balaban J connectivity index is 1.60. The second kappa shape index (κ2) is 10.2. The summed E-state index contributed by atoms with van der Waals surface area (Å²) in [7, 11) is 0. The number of hydrogen-bond donors (Lipinski definition) is 1. The molecule has 9 heteroatoms. The summed E-state index contributed by atoms with van der Waals surface area (Å²) in [6.07, 6.45) is 0.988. The molecule has 0 unspecified atom stereocenters. The number of amides is 2. The number of carbonyl (C=O) groups excluding carboxylic acids is 2. The Labute approximate surface area is 202 Å². The molecule has 178 valence electrons. The first-order valence-corrected chi connectivity index (χ1v) is 11.8. The van der Waals surface area contributed by atoms with Crippen LogP contribution in [0.5, 0.6) is 0 Å². The predicted molar refractivity (Wildman–Crippen MR) is 133 cm³/mol. The maximum absolute atomic E-state index is 13.3. The standard InChI is InChI=1S/C25H28N4O4S/c1-3-33-25(32)27-13-11-18(12-14-27)26-22(30)16-28-21-10-9-17(2)15-20(21)23(31)29(24(28)34)19-7-5-4-6-8-19/h4-10,15,18H,3,11-14,16H2,1-2H3,(H,26,30). The Morgan fingerprint density at radius 1 is 1.12 bits per heavy atom. The number of ether oxygens (including phenoxy) is 1.